The zero-order valence-corrected chi connectivity index (χ0v) is 12.6. The van der Waals surface area contributed by atoms with Crippen LogP contribution in [-0.2, 0) is 4.79 Å². The van der Waals surface area contributed by atoms with Gasteiger partial charge in [0, 0.05) is 0 Å². The van der Waals surface area contributed by atoms with E-state index in [-0.39, 0.29) is 10.5 Å². The van der Waals surface area contributed by atoms with Crippen molar-refractivity contribution in [3.8, 4) is 5.75 Å². The number of hydrogen-bond donors (Lipinski definition) is 2. The standard InChI is InChI=1S/C14H12N2O3S2/c17-7-2-3-8-9(6-7)20-11(15-8)12-16-10(13(18)19)14(21-12)4-1-5-14/h2-3,6,10,17H,1,4-5H2,(H,18,19). The number of hydrogen-bond acceptors (Lipinski definition) is 6. The molecular formula is C14H12N2O3S2. The van der Waals surface area contributed by atoms with Gasteiger partial charge >= 0.3 is 5.97 Å². The fourth-order valence-corrected chi connectivity index (χ4v) is 5.37. The van der Waals surface area contributed by atoms with Crippen LogP contribution in [0.4, 0.5) is 0 Å². The van der Waals surface area contributed by atoms with Crippen LogP contribution in [0.3, 0.4) is 0 Å². The molecule has 1 spiro atoms. The van der Waals surface area contributed by atoms with Crippen molar-refractivity contribution in [3.63, 3.8) is 0 Å². The molecule has 0 bridgehead atoms. The topological polar surface area (TPSA) is 82.8 Å². The van der Waals surface area contributed by atoms with Crippen LogP contribution in [-0.4, -0.2) is 37.0 Å². The minimum atomic E-state index is -0.851. The number of nitrogens with zero attached hydrogens (tertiary/aromatic N) is 2. The highest BCUT2D eigenvalue weighted by Crippen LogP contribution is 2.53. The third-order valence-electron chi connectivity index (χ3n) is 4.03. The number of phenols is 1. The quantitative estimate of drug-likeness (QED) is 0.889. The second-order valence-corrected chi connectivity index (χ2v) is 7.80. The maximum atomic E-state index is 11.4. The van der Waals surface area contributed by atoms with E-state index in [1.807, 2.05) is 0 Å². The summed E-state index contributed by atoms with van der Waals surface area (Å²) in [7, 11) is 0. The van der Waals surface area contributed by atoms with Crippen LogP contribution in [0.15, 0.2) is 23.2 Å². The summed E-state index contributed by atoms with van der Waals surface area (Å²) in [6.07, 6.45) is 2.86. The molecule has 0 amide bonds. The van der Waals surface area contributed by atoms with E-state index in [1.54, 1.807) is 30.0 Å². The number of phenolic OH excluding ortho intramolecular Hbond substituents is 1. The number of thiazole rings is 1. The summed E-state index contributed by atoms with van der Waals surface area (Å²) in [6.45, 7) is 0. The molecule has 0 radical (unpaired) electrons. The molecule has 1 aliphatic carbocycles. The Morgan fingerprint density at radius 2 is 2.19 bits per heavy atom. The molecule has 21 heavy (non-hydrogen) atoms. The minimum absolute atomic E-state index is 0.206. The van der Waals surface area contributed by atoms with Gasteiger partial charge in [-0.25, -0.2) is 9.78 Å². The van der Waals surface area contributed by atoms with Crippen LogP contribution in [0.1, 0.15) is 24.3 Å². The monoisotopic (exact) mass is 320 g/mol. The first-order valence-electron chi connectivity index (χ1n) is 6.67. The molecule has 4 rings (SSSR count). The van der Waals surface area contributed by atoms with Crippen LogP contribution >= 0.6 is 23.1 Å². The van der Waals surface area contributed by atoms with Gasteiger partial charge in [-0.1, -0.05) is 18.2 Å². The lowest BCUT2D eigenvalue weighted by Crippen LogP contribution is -2.46. The number of thioether (sulfide) groups is 1. The van der Waals surface area contributed by atoms with E-state index in [0.717, 1.165) is 39.5 Å². The van der Waals surface area contributed by atoms with Crippen molar-refractivity contribution in [1.29, 1.82) is 0 Å². The lowest BCUT2D eigenvalue weighted by atomic mass is 9.79. The zero-order chi connectivity index (χ0) is 14.6. The summed E-state index contributed by atoms with van der Waals surface area (Å²) in [4.78, 5) is 20.4. The Labute approximate surface area is 128 Å². The van der Waals surface area contributed by atoms with Gasteiger partial charge in [0.15, 0.2) is 6.04 Å². The summed E-state index contributed by atoms with van der Waals surface area (Å²) in [6, 6.07) is 4.37. The van der Waals surface area contributed by atoms with Crippen molar-refractivity contribution >= 4 is 44.3 Å². The van der Waals surface area contributed by atoms with Crippen molar-refractivity contribution in [3.05, 3.63) is 23.2 Å². The third kappa shape index (κ3) is 1.95. The molecule has 2 heterocycles. The number of carbonyl (C=O) groups is 1. The predicted octanol–water partition coefficient (Wildman–Crippen LogP) is 2.87. The molecule has 2 aliphatic rings. The van der Waals surface area contributed by atoms with E-state index in [4.69, 9.17) is 0 Å². The van der Waals surface area contributed by atoms with E-state index in [1.165, 1.54) is 11.3 Å². The summed E-state index contributed by atoms with van der Waals surface area (Å²) < 4.78 is 0.621. The normalized spacial score (nSPS) is 23.2. The fourth-order valence-electron chi connectivity index (χ4n) is 2.79. The smallest absolute Gasteiger partial charge is 0.329 e. The van der Waals surface area contributed by atoms with E-state index in [9.17, 15) is 15.0 Å². The van der Waals surface area contributed by atoms with Crippen LogP contribution in [0.5, 0.6) is 5.75 Å². The summed E-state index contributed by atoms with van der Waals surface area (Å²) in [5, 5.41) is 20.4. The lowest BCUT2D eigenvalue weighted by Gasteiger charge is -2.39. The predicted molar refractivity (Wildman–Crippen MR) is 83.4 cm³/mol. The molecule has 1 atom stereocenters. The minimum Gasteiger partial charge on any atom is -0.508 e. The van der Waals surface area contributed by atoms with Crippen molar-refractivity contribution in [2.75, 3.05) is 0 Å². The molecule has 0 saturated heterocycles. The maximum Gasteiger partial charge on any atom is 0.329 e. The van der Waals surface area contributed by atoms with Crippen LogP contribution in [0.25, 0.3) is 10.2 Å². The van der Waals surface area contributed by atoms with E-state index < -0.39 is 12.0 Å². The lowest BCUT2D eigenvalue weighted by molar-refractivity contribution is -0.139. The van der Waals surface area contributed by atoms with E-state index >= 15 is 0 Å². The highest BCUT2D eigenvalue weighted by molar-refractivity contribution is 8.16. The van der Waals surface area contributed by atoms with Crippen LogP contribution in [0.2, 0.25) is 0 Å². The molecule has 2 aromatic rings. The van der Waals surface area contributed by atoms with Gasteiger partial charge in [-0.2, -0.15) is 0 Å². The highest BCUT2D eigenvalue weighted by Gasteiger charge is 2.53. The van der Waals surface area contributed by atoms with Gasteiger partial charge < -0.3 is 10.2 Å². The van der Waals surface area contributed by atoms with Crippen LogP contribution < -0.4 is 0 Å². The summed E-state index contributed by atoms with van der Waals surface area (Å²) >= 11 is 3.01. The number of aromatic nitrogens is 1. The molecule has 1 aromatic carbocycles. The van der Waals surface area contributed by atoms with Gasteiger partial charge in [0.25, 0.3) is 0 Å². The molecule has 108 valence electrons. The average Bonchev–Trinajstić information content (AvgIpc) is 2.98. The van der Waals surface area contributed by atoms with Crippen molar-refractivity contribution in [2.24, 2.45) is 4.99 Å². The first-order valence-corrected chi connectivity index (χ1v) is 8.30. The third-order valence-corrected chi connectivity index (χ3v) is 6.72. The van der Waals surface area contributed by atoms with E-state index in [2.05, 4.69) is 9.98 Å². The number of carboxylic acids is 1. The largest absolute Gasteiger partial charge is 0.508 e. The molecule has 1 saturated carbocycles. The second kappa shape index (κ2) is 4.45. The highest BCUT2D eigenvalue weighted by atomic mass is 32.2. The Morgan fingerprint density at radius 1 is 1.38 bits per heavy atom. The first kappa shape index (κ1) is 13.1. The average molecular weight is 320 g/mol. The number of benzene rings is 1. The summed E-state index contributed by atoms with van der Waals surface area (Å²) in [5.74, 6) is -0.645. The Balaban J connectivity index is 1.75. The van der Waals surface area contributed by atoms with Gasteiger partial charge in [-0.05, 0) is 31.0 Å². The molecule has 7 heteroatoms. The molecule has 1 aromatic heterocycles. The number of carboxylic acid groups (broad SMARTS) is 1. The molecule has 1 unspecified atom stereocenters. The number of aliphatic imine (C=N–C) groups is 1. The maximum absolute atomic E-state index is 11.4. The van der Waals surface area contributed by atoms with Crippen molar-refractivity contribution in [2.45, 2.75) is 30.1 Å². The number of aromatic hydroxyl groups is 1. The molecular weight excluding hydrogens is 308 g/mol. The molecule has 2 N–H and O–H groups in total. The number of fused-ring (bicyclic) bond motifs is 1. The van der Waals surface area contributed by atoms with Crippen LogP contribution in [0, 0.1) is 0 Å². The Bertz CT molecular complexity index is 780. The van der Waals surface area contributed by atoms with E-state index in [0.29, 0.717) is 0 Å². The van der Waals surface area contributed by atoms with Gasteiger partial charge in [0.05, 0.1) is 15.0 Å². The first-order chi connectivity index (χ1) is 10.1. The van der Waals surface area contributed by atoms with Crippen molar-refractivity contribution < 1.29 is 15.0 Å². The second-order valence-electron chi connectivity index (χ2n) is 5.37. The Hall–Kier alpha value is -1.60. The zero-order valence-electron chi connectivity index (χ0n) is 10.9. The van der Waals surface area contributed by atoms with Gasteiger partial charge in [0.2, 0.25) is 0 Å². The molecule has 1 fully saturated rings. The molecule has 5 nitrogen and oxygen atoms in total. The fraction of sp³-hybridized carbons (Fsp3) is 0.357. The summed E-state index contributed by atoms with van der Waals surface area (Å²) in [5.41, 5.74) is 0.803. The number of aliphatic carboxylic acids is 1. The van der Waals surface area contributed by atoms with Crippen molar-refractivity contribution in [1.82, 2.24) is 4.98 Å². The SMILES string of the molecule is O=C(O)C1N=C(c2nc3ccc(O)cc3s2)SC12CCC2. The van der Waals surface area contributed by atoms with Gasteiger partial charge in [-0.15, -0.1) is 11.3 Å². The molecule has 1 aliphatic heterocycles. The van der Waals surface area contributed by atoms with Gasteiger partial charge in [-0.3, -0.25) is 4.99 Å². The van der Waals surface area contributed by atoms with Gasteiger partial charge in [0.1, 0.15) is 15.8 Å². The Morgan fingerprint density at radius 3 is 2.81 bits per heavy atom. The number of rotatable bonds is 2. The Kier molecular flexibility index (Phi) is 2.77.